The van der Waals surface area contributed by atoms with Crippen LogP contribution in [0.15, 0.2) is 6.07 Å². The minimum absolute atomic E-state index is 0.106. The first-order valence-corrected chi connectivity index (χ1v) is 6.53. The van der Waals surface area contributed by atoms with E-state index in [0.717, 1.165) is 18.5 Å². The number of nitrogens with zero attached hydrogens (tertiary/aromatic N) is 2. The molecule has 1 atom stereocenters. The smallest absolute Gasteiger partial charge is 0.226 e. The van der Waals surface area contributed by atoms with E-state index in [1.165, 1.54) is 0 Å². The van der Waals surface area contributed by atoms with Crippen LogP contribution in [-0.4, -0.2) is 28.7 Å². The molecule has 18 heavy (non-hydrogen) atoms. The number of ether oxygens (including phenoxy) is 1. The number of hydrogen-bond donors (Lipinski definition) is 2. The highest BCUT2D eigenvalue weighted by Gasteiger charge is 2.06. The molecule has 1 rings (SSSR count). The van der Waals surface area contributed by atoms with Crippen molar-refractivity contribution in [2.24, 2.45) is 5.73 Å². The highest BCUT2D eigenvalue weighted by Crippen LogP contribution is 2.13. The van der Waals surface area contributed by atoms with Gasteiger partial charge >= 0.3 is 0 Å². The lowest BCUT2D eigenvalue weighted by Crippen LogP contribution is -2.29. The molecular formula is C13H24N4O. The Morgan fingerprint density at radius 3 is 2.72 bits per heavy atom. The van der Waals surface area contributed by atoms with Crippen LogP contribution in [0, 0.1) is 6.92 Å². The summed E-state index contributed by atoms with van der Waals surface area (Å²) in [6.07, 6.45) is 2.18. The second-order valence-electron chi connectivity index (χ2n) is 4.77. The van der Waals surface area contributed by atoms with Crippen LogP contribution in [0.3, 0.4) is 0 Å². The van der Waals surface area contributed by atoms with Crippen LogP contribution in [-0.2, 0) is 0 Å². The van der Waals surface area contributed by atoms with Crippen molar-refractivity contribution in [2.45, 2.75) is 52.7 Å². The maximum Gasteiger partial charge on any atom is 0.226 e. The summed E-state index contributed by atoms with van der Waals surface area (Å²) in [5.74, 6) is 1.18. The molecule has 0 aliphatic heterocycles. The summed E-state index contributed by atoms with van der Waals surface area (Å²) in [7, 11) is 0. The van der Waals surface area contributed by atoms with E-state index in [2.05, 4.69) is 22.2 Å². The first-order valence-electron chi connectivity index (χ1n) is 6.53. The minimum Gasteiger partial charge on any atom is -0.475 e. The van der Waals surface area contributed by atoms with Crippen LogP contribution in [0.2, 0.25) is 0 Å². The summed E-state index contributed by atoms with van der Waals surface area (Å²) in [5.41, 5.74) is 6.82. The zero-order valence-corrected chi connectivity index (χ0v) is 11.7. The second-order valence-corrected chi connectivity index (χ2v) is 4.77. The van der Waals surface area contributed by atoms with Crippen LogP contribution >= 0.6 is 0 Å². The van der Waals surface area contributed by atoms with Gasteiger partial charge in [-0.05, 0) is 27.2 Å². The SMILES string of the molecule is CCCC(N)CNc1nc(C)cc(OC(C)C)n1. The van der Waals surface area contributed by atoms with Crippen molar-refractivity contribution in [3.8, 4) is 5.88 Å². The number of aryl methyl sites for hydroxylation is 1. The van der Waals surface area contributed by atoms with Crippen LogP contribution in [0.5, 0.6) is 5.88 Å². The number of aromatic nitrogens is 2. The number of nitrogens with one attached hydrogen (secondary N) is 1. The van der Waals surface area contributed by atoms with E-state index in [1.54, 1.807) is 0 Å². The fourth-order valence-corrected chi connectivity index (χ4v) is 1.62. The van der Waals surface area contributed by atoms with Gasteiger partial charge in [0.05, 0.1) is 6.10 Å². The zero-order chi connectivity index (χ0) is 13.5. The molecular weight excluding hydrogens is 228 g/mol. The van der Waals surface area contributed by atoms with Crippen molar-refractivity contribution in [3.05, 3.63) is 11.8 Å². The fraction of sp³-hybridized carbons (Fsp3) is 0.692. The third kappa shape index (κ3) is 5.31. The van der Waals surface area contributed by atoms with Crippen molar-refractivity contribution in [1.82, 2.24) is 9.97 Å². The Bertz CT molecular complexity index is 368. The quantitative estimate of drug-likeness (QED) is 0.777. The fourth-order valence-electron chi connectivity index (χ4n) is 1.62. The Morgan fingerprint density at radius 2 is 2.11 bits per heavy atom. The van der Waals surface area contributed by atoms with Crippen LogP contribution in [0.25, 0.3) is 0 Å². The Morgan fingerprint density at radius 1 is 1.39 bits per heavy atom. The molecule has 1 heterocycles. The van der Waals surface area contributed by atoms with Gasteiger partial charge in [0, 0.05) is 24.3 Å². The van der Waals surface area contributed by atoms with Gasteiger partial charge in [-0.3, -0.25) is 0 Å². The van der Waals surface area contributed by atoms with Crippen molar-refractivity contribution >= 4 is 5.95 Å². The van der Waals surface area contributed by atoms with E-state index < -0.39 is 0 Å². The summed E-state index contributed by atoms with van der Waals surface area (Å²) in [6.45, 7) is 8.67. The molecule has 0 amide bonds. The molecule has 1 unspecified atom stereocenters. The largest absolute Gasteiger partial charge is 0.475 e. The topological polar surface area (TPSA) is 73.1 Å². The predicted octanol–water partition coefficient (Wildman–Crippen LogP) is 2.11. The van der Waals surface area contributed by atoms with Crippen molar-refractivity contribution < 1.29 is 4.74 Å². The summed E-state index contributed by atoms with van der Waals surface area (Å²) in [5, 5.41) is 3.16. The molecule has 3 N–H and O–H groups in total. The second kappa shape index (κ2) is 7.16. The molecule has 1 aromatic heterocycles. The molecule has 0 radical (unpaired) electrons. The lowest BCUT2D eigenvalue weighted by Gasteiger charge is -2.14. The van der Waals surface area contributed by atoms with Crippen LogP contribution < -0.4 is 15.8 Å². The minimum atomic E-state index is 0.106. The Labute approximate surface area is 109 Å². The third-order valence-corrected chi connectivity index (χ3v) is 2.37. The maximum absolute atomic E-state index is 5.94. The van der Waals surface area contributed by atoms with E-state index in [0.29, 0.717) is 18.4 Å². The number of nitrogens with two attached hydrogens (primary N) is 1. The Hall–Kier alpha value is -1.36. The van der Waals surface area contributed by atoms with E-state index in [4.69, 9.17) is 10.5 Å². The summed E-state index contributed by atoms with van der Waals surface area (Å²) < 4.78 is 5.57. The summed E-state index contributed by atoms with van der Waals surface area (Å²) >= 11 is 0. The number of rotatable bonds is 7. The van der Waals surface area contributed by atoms with Crippen LogP contribution in [0.1, 0.15) is 39.3 Å². The van der Waals surface area contributed by atoms with Gasteiger partial charge in [-0.15, -0.1) is 0 Å². The average Bonchev–Trinajstić information content (AvgIpc) is 2.25. The molecule has 1 aromatic rings. The first kappa shape index (κ1) is 14.7. The maximum atomic E-state index is 5.94. The molecule has 0 spiro atoms. The van der Waals surface area contributed by atoms with Crippen molar-refractivity contribution in [1.29, 1.82) is 0 Å². The van der Waals surface area contributed by atoms with Gasteiger partial charge < -0.3 is 15.8 Å². The molecule has 0 fully saturated rings. The zero-order valence-electron chi connectivity index (χ0n) is 11.7. The predicted molar refractivity (Wildman–Crippen MR) is 73.9 cm³/mol. The van der Waals surface area contributed by atoms with E-state index in [-0.39, 0.29) is 12.1 Å². The van der Waals surface area contributed by atoms with Gasteiger partial charge in [-0.1, -0.05) is 13.3 Å². The molecule has 0 saturated carbocycles. The molecule has 0 bridgehead atoms. The van der Waals surface area contributed by atoms with Crippen LogP contribution in [0.4, 0.5) is 5.95 Å². The van der Waals surface area contributed by atoms with Gasteiger partial charge in [-0.25, -0.2) is 4.98 Å². The molecule has 5 nitrogen and oxygen atoms in total. The lowest BCUT2D eigenvalue weighted by molar-refractivity contribution is 0.232. The van der Waals surface area contributed by atoms with E-state index in [1.807, 2.05) is 26.8 Å². The molecule has 0 aliphatic rings. The third-order valence-electron chi connectivity index (χ3n) is 2.37. The number of hydrogen-bond acceptors (Lipinski definition) is 5. The van der Waals surface area contributed by atoms with Gasteiger partial charge in [0.1, 0.15) is 0 Å². The van der Waals surface area contributed by atoms with Crippen molar-refractivity contribution in [3.63, 3.8) is 0 Å². The van der Waals surface area contributed by atoms with E-state index in [9.17, 15) is 0 Å². The van der Waals surface area contributed by atoms with Gasteiger partial charge in [0.25, 0.3) is 0 Å². The highest BCUT2D eigenvalue weighted by atomic mass is 16.5. The van der Waals surface area contributed by atoms with Crippen molar-refractivity contribution in [2.75, 3.05) is 11.9 Å². The standard InChI is InChI=1S/C13H24N4O/c1-5-6-11(14)8-15-13-16-10(4)7-12(17-13)18-9(2)3/h7,9,11H,5-6,8,14H2,1-4H3,(H,15,16,17). The average molecular weight is 252 g/mol. The lowest BCUT2D eigenvalue weighted by atomic mass is 10.2. The molecule has 0 aliphatic carbocycles. The number of anilines is 1. The molecule has 102 valence electrons. The Kier molecular flexibility index (Phi) is 5.85. The highest BCUT2D eigenvalue weighted by molar-refractivity contribution is 5.30. The Balaban J connectivity index is 2.62. The summed E-state index contributed by atoms with van der Waals surface area (Å²) in [4.78, 5) is 8.62. The van der Waals surface area contributed by atoms with E-state index >= 15 is 0 Å². The normalized spacial score (nSPS) is 12.6. The molecule has 0 aromatic carbocycles. The first-order chi connectivity index (χ1) is 8.51. The summed E-state index contributed by atoms with van der Waals surface area (Å²) in [6, 6.07) is 1.96. The molecule has 5 heteroatoms. The van der Waals surface area contributed by atoms with Gasteiger partial charge in [0.2, 0.25) is 11.8 Å². The monoisotopic (exact) mass is 252 g/mol. The van der Waals surface area contributed by atoms with Gasteiger partial charge in [0.15, 0.2) is 0 Å². The van der Waals surface area contributed by atoms with Gasteiger partial charge in [-0.2, -0.15) is 4.98 Å². The molecule has 0 saturated heterocycles.